The highest BCUT2D eigenvalue weighted by Crippen LogP contribution is 2.32. The summed E-state index contributed by atoms with van der Waals surface area (Å²) < 4.78 is 0. The molecule has 0 aromatic rings. The van der Waals surface area contributed by atoms with Crippen LogP contribution in [0.25, 0.3) is 0 Å². The Labute approximate surface area is 61.9 Å². The van der Waals surface area contributed by atoms with Gasteiger partial charge in [-0.1, -0.05) is 18.9 Å². The minimum absolute atomic E-state index is 0.818. The van der Waals surface area contributed by atoms with Crippen molar-refractivity contribution in [3.63, 3.8) is 0 Å². The first-order chi connectivity index (χ1) is 4.97. The lowest BCUT2D eigenvalue weighted by atomic mass is 10.0. The zero-order chi connectivity index (χ0) is 6.81. The maximum absolute atomic E-state index is 4.35. The van der Waals surface area contributed by atoms with E-state index in [-0.39, 0.29) is 0 Å². The number of aliphatic imine (C=N–C) groups is 1. The lowest BCUT2D eigenvalue weighted by molar-refractivity contribution is 0.637. The van der Waals surface area contributed by atoms with Crippen LogP contribution < -0.4 is 0 Å². The van der Waals surface area contributed by atoms with Crippen LogP contribution in [0.1, 0.15) is 32.1 Å². The molecule has 0 amide bonds. The fourth-order valence-corrected chi connectivity index (χ4v) is 1.88. The van der Waals surface area contributed by atoms with Gasteiger partial charge in [0, 0.05) is 24.3 Å². The minimum atomic E-state index is 0.818. The van der Waals surface area contributed by atoms with Gasteiger partial charge in [-0.15, -0.1) is 0 Å². The number of nitrogens with zero attached hydrogens (tertiary/aromatic N) is 1. The summed E-state index contributed by atoms with van der Waals surface area (Å²) in [6, 6.07) is 0. The van der Waals surface area contributed by atoms with Crippen molar-refractivity contribution >= 4 is 6.21 Å². The molecular formula is C9H13N. The van der Waals surface area contributed by atoms with Crippen molar-refractivity contribution in [1.29, 1.82) is 0 Å². The third-order valence-corrected chi connectivity index (χ3v) is 2.45. The van der Waals surface area contributed by atoms with Crippen LogP contribution in [-0.2, 0) is 0 Å². The summed E-state index contributed by atoms with van der Waals surface area (Å²) in [5, 5.41) is 0. The van der Waals surface area contributed by atoms with Crippen LogP contribution in [0.4, 0.5) is 0 Å². The number of hydrogen-bond donors (Lipinski definition) is 0. The maximum Gasteiger partial charge on any atom is 0.0394 e. The molecule has 0 saturated heterocycles. The van der Waals surface area contributed by atoms with Crippen molar-refractivity contribution < 1.29 is 0 Å². The zero-order valence-electron chi connectivity index (χ0n) is 6.21. The van der Waals surface area contributed by atoms with Crippen LogP contribution in [0, 0.1) is 5.92 Å². The van der Waals surface area contributed by atoms with E-state index in [9.17, 15) is 0 Å². The SMILES string of the molecule is C1=NC(C2CCCC2)=CC1. The topological polar surface area (TPSA) is 12.4 Å². The summed E-state index contributed by atoms with van der Waals surface area (Å²) in [6.45, 7) is 0. The fourth-order valence-electron chi connectivity index (χ4n) is 1.88. The molecule has 1 heteroatoms. The first-order valence-corrected chi connectivity index (χ1v) is 4.19. The summed E-state index contributed by atoms with van der Waals surface area (Å²) in [5.74, 6) is 0.818. The molecule has 2 rings (SSSR count). The van der Waals surface area contributed by atoms with Crippen LogP contribution >= 0.6 is 0 Å². The van der Waals surface area contributed by atoms with E-state index in [4.69, 9.17) is 0 Å². The Morgan fingerprint density at radius 1 is 1.30 bits per heavy atom. The first-order valence-electron chi connectivity index (χ1n) is 4.19. The van der Waals surface area contributed by atoms with Crippen LogP contribution in [-0.4, -0.2) is 6.21 Å². The normalized spacial score (nSPS) is 25.8. The molecule has 0 radical (unpaired) electrons. The molecule has 0 aromatic carbocycles. The van der Waals surface area contributed by atoms with E-state index in [0.717, 1.165) is 12.3 Å². The molecule has 0 bridgehead atoms. The molecule has 54 valence electrons. The van der Waals surface area contributed by atoms with Crippen molar-refractivity contribution in [2.75, 3.05) is 0 Å². The lowest BCUT2D eigenvalue weighted by Gasteiger charge is -2.05. The predicted octanol–water partition coefficient (Wildman–Crippen LogP) is 2.54. The van der Waals surface area contributed by atoms with Crippen molar-refractivity contribution in [3.05, 3.63) is 11.8 Å². The third-order valence-electron chi connectivity index (χ3n) is 2.45. The first kappa shape index (κ1) is 6.14. The second-order valence-electron chi connectivity index (χ2n) is 3.16. The van der Waals surface area contributed by atoms with Gasteiger partial charge < -0.3 is 0 Å². The number of rotatable bonds is 1. The second-order valence-corrected chi connectivity index (χ2v) is 3.16. The van der Waals surface area contributed by atoms with Gasteiger partial charge in [-0.25, -0.2) is 0 Å². The Morgan fingerprint density at radius 3 is 2.70 bits per heavy atom. The summed E-state index contributed by atoms with van der Waals surface area (Å²) in [7, 11) is 0. The van der Waals surface area contributed by atoms with Gasteiger partial charge in [-0.3, -0.25) is 4.99 Å². The van der Waals surface area contributed by atoms with Gasteiger partial charge in [0.25, 0.3) is 0 Å². The molecule has 1 aliphatic heterocycles. The summed E-state index contributed by atoms with van der Waals surface area (Å²) in [6.07, 6.45) is 11.0. The molecule has 1 nitrogen and oxygen atoms in total. The average molecular weight is 135 g/mol. The zero-order valence-corrected chi connectivity index (χ0v) is 6.21. The molecule has 1 fully saturated rings. The monoisotopic (exact) mass is 135 g/mol. The maximum atomic E-state index is 4.35. The van der Waals surface area contributed by atoms with Crippen LogP contribution in [0.2, 0.25) is 0 Å². The molecule has 2 aliphatic rings. The molecule has 1 aliphatic carbocycles. The highest BCUT2D eigenvalue weighted by Gasteiger charge is 2.19. The standard InChI is InChI=1S/C9H13N/c1-2-5-8(4-1)9-6-3-7-10-9/h6-8H,1-5H2. The van der Waals surface area contributed by atoms with Gasteiger partial charge >= 0.3 is 0 Å². The Hall–Kier alpha value is -0.590. The highest BCUT2D eigenvalue weighted by molar-refractivity contribution is 5.64. The average Bonchev–Trinajstić information content (AvgIpc) is 2.59. The molecule has 10 heavy (non-hydrogen) atoms. The van der Waals surface area contributed by atoms with Crippen molar-refractivity contribution in [3.8, 4) is 0 Å². The van der Waals surface area contributed by atoms with Crippen LogP contribution in [0.3, 0.4) is 0 Å². The largest absolute Gasteiger partial charge is 0.265 e. The molecule has 0 spiro atoms. The predicted molar refractivity (Wildman–Crippen MR) is 43.2 cm³/mol. The highest BCUT2D eigenvalue weighted by atomic mass is 14.8. The van der Waals surface area contributed by atoms with E-state index < -0.39 is 0 Å². The molecule has 0 aromatic heterocycles. The van der Waals surface area contributed by atoms with Crippen LogP contribution in [0.5, 0.6) is 0 Å². The van der Waals surface area contributed by atoms with Gasteiger partial charge in [-0.2, -0.15) is 0 Å². The molecular weight excluding hydrogens is 122 g/mol. The summed E-state index contributed by atoms with van der Waals surface area (Å²) in [5.41, 5.74) is 1.37. The molecule has 0 N–H and O–H groups in total. The molecule has 1 heterocycles. The van der Waals surface area contributed by atoms with Crippen LogP contribution in [0.15, 0.2) is 16.8 Å². The van der Waals surface area contributed by atoms with E-state index >= 15 is 0 Å². The Morgan fingerprint density at radius 2 is 2.10 bits per heavy atom. The second kappa shape index (κ2) is 2.57. The van der Waals surface area contributed by atoms with E-state index in [1.54, 1.807) is 0 Å². The van der Waals surface area contributed by atoms with E-state index in [1.807, 2.05) is 6.21 Å². The molecule has 0 unspecified atom stereocenters. The quantitative estimate of drug-likeness (QED) is 0.524. The molecule has 1 saturated carbocycles. The fraction of sp³-hybridized carbons (Fsp3) is 0.667. The van der Waals surface area contributed by atoms with E-state index in [0.29, 0.717) is 0 Å². The Kier molecular flexibility index (Phi) is 1.58. The van der Waals surface area contributed by atoms with E-state index in [2.05, 4.69) is 11.1 Å². The Balaban J connectivity index is 2.03. The molecule has 0 atom stereocenters. The van der Waals surface area contributed by atoms with Gasteiger partial charge in [-0.05, 0) is 12.8 Å². The summed E-state index contributed by atoms with van der Waals surface area (Å²) >= 11 is 0. The minimum Gasteiger partial charge on any atom is -0.265 e. The number of allylic oxidation sites excluding steroid dienone is 2. The van der Waals surface area contributed by atoms with Crippen molar-refractivity contribution in [2.45, 2.75) is 32.1 Å². The van der Waals surface area contributed by atoms with Crippen molar-refractivity contribution in [1.82, 2.24) is 0 Å². The van der Waals surface area contributed by atoms with Crippen molar-refractivity contribution in [2.24, 2.45) is 10.9 Å². The third kappa shape index (κ3) is 1.00. The summed E-state index contributed by atoms with van der Waals surface area (Å²) in [4.78, 5) is 4.35. The van der Waals surface area contributed by atoms with Gasteiger partial charge in [0.15, 0.2) is 0 Å². The van der Waals surface area contributed by atoms with Gasteiger partial charge in [0.2, 0.25) is 0 Å². The smallest absolute Gasteiger partial charge is 0.0394 e. The van der Waals surface area contributed by atoms with E-state index in [1.165, 1.54) is 31.4 Å². The number of hydrogen-bond acceptors (Lipinski definition) is 1. The van der Waals surface area contributed by atoms with Gasteiger partial charge in [0.1, 0.15) is 0 Å². The lowest BCUT2D eigenvalue weighted by Crippen LogP contribution is -1.93. The Bertz CT molecular complexity index is 173. The van der Waals surface area contributed by atoms with Gasteiger partial charge in [0.05, 0.1) is 0 Å².